The van der Waals surface area contributed by atoms with Crippen molar-refractivity contribution in [3.05, 3.63) is 28.2 Å². The van der Waals surface area contributed by atoms with E-state index in [4.69, 9.17) is 0 Å². The third-order valence-corrected chi connectivity index (χ3v) is 3.28. The number of benzene rings is 1. The number of phenols is 1. The molecule has 1 saturated carbocycles. The highest BCUT2D eigenvalue weighted by Crippen LogP contribution is 2.22. The molecule has 0 aromatic heterocycles. The fourth-order valence-corrected chi connectivity index (χ4v) is 1.96. The first-order valence-electron chi connectivity index (χ1n) is 6.12. The van der Waals surface area contributed by atoms with Crippen LogP contribution in [0, 0.1) is 0 Å². The van der Waals surface area contributed by atoms with Crippen molar-refractivity contribution >= 4 is 27.7 Å². The zero-order valence-electron chi connectivity index (χ0n) is 10.3. The monoisotopic (exact) mass is 326 g/mol. The molecule has 3 N–H and O–H groups in total. The van der Waals surface area contributed by atoms with Gasteiger partial charge in [-0.2, -0.15) is 0 Å². The zero-order chi connectivity index (χ0) is 13.8. The molecule has 0 aliphatic heterocycles. The van der Waals surface area contributed by atoms with Crippen molar-refractivity contribution in [2.75, 3.05) is 6.54 Å². The van der Waals surface area contributed by atoms with Gasteiger partial charge in [-0.3, -0.25) is 9.59 Å². The van der Waals surface area contributed by atoms with E-state index >= 15 is 0 Å². The van der Waals surface area contributed by atoms with Crippen LogP contribution in [0.25, 0.3) is 0 Å². The van der Waals surface area contributed by atoms with Crippen LogP contribution >= 0.6 is 15.9 Å². The molecule has 6 heteroatoms. The Morgan fingerprint density at radius 3 is 2.74 bits per heavy atom. The summed E-state index contributed by atoms with van der Waals surface area (Å²) in [6.45, 7) is 0.257. The molecule has 2 rings (SSSR count). The summed E-state index contributed by atoms with van der Waals surface area (Å²) in [7, 11) is 0. The van der Waals surface area contributed by atoms with E-state index in [-0.39, 0.29) is 36.1 Å². The van der Waals surface area contributed by atoms with E-state index in [0.29, 0.717) is 10.5 Å². The molecule has 1 aromatic rings. The third-order valence-electron chi connectivity index (χ3n) is 2.78. The Labute approximate surface area is 119 Å². The predicted octanol–water partition coefficient (Wildman–Crippen LogP) is 1.55. The van der Waals surface area contributed by atoms with Crippen molar-refractivity contribution in [1.82, 2.24) is 10.6 Å². The number of aromatic hydroxyl groups is 1. The van der Waals surface area contributed by atoms with Gasteiger partial charge in [-0.15, -0.1) is 0 Å². The first-order valence-corrected chi connectivity index (χ1v) is 6.91. The van der Waals surface area contributed by atoms with Gasteiger partial charge in [-0.25, -0.2) is 0 Å². The molecular formula is C13H15BrN2O3. The fourth-order valence-electron chi connectivity index (χ4n) is 1.61. The molecule has 102 valence electrons. The Hall–Kier alpha value is -1.56. The van der Waals surface area contributed by atoms with Crippen LogP contribution in [-0.4, -0.2) is 29.5 Å². The van der Waals surface area contributed by atoms with Crippen molar-refractivity contribution in [2.45, 2.75) is 25.3 Å². The second kappa shape index (κ2) is 6.06. The van der Waals surface area contributed by atoms with Crippen LogP contribution in [0.1, 0.15) is 29.6 Å². The van der Waals surface area contributed by atoms with Crippen LogP contribution < -0.4 is 10.6 Å². The minimum absolute atomic E-state index is 0.0529. The van der Waals surface area contributed by atoms with Gasteiger partial charge < -0.3 is 15.7 Å². The van der Waals surface area contributed by atoms with E-state index < -0.39 is 0 Å². The molecule has 0 unspecified atom stereocenters. The quantitative estimate of drug-likeness (QED) is 0.768. The lowest BCUT2D eigenvalue weighted by Gasteiger charge is -2.07. The van der Waals surface area contributed by atoms with Crippen LogP contribution in [-0.2, 0) is 4.79 Å². The SMILES string of the molecule is O=C(CCNC(=O)c1ccc(Br)cc1O)NC1CC1. The Morgan fingerprint density at radius 1 is 1.37 bits per heavy atom. The molecule has 19 heavy (non-hydrogen) atoms. The van der Waals surface area contributed by atoms with Gasteiger partial charge in [0.2, 0.25) is 5.91 Å². The summed E-state index contributed by atoms with van der Waals surface area (Å²) < 4.78 is 0.699. The average molecular weight is 327 g/mol. The van der Waals surface area contributed by atoms with Crippen LogP contribution in [0.4, 0.5) is 0 Å². The topological polar surface area (TPSA) is 78.4 Å². The average Bonchev–Trinajstić information content (AvgIpc) is 3.12. The highest BCUT2D eigenvalue weighted by molar-refractivity contribution is 9.10. The predicted molar refractivity (Wildman–Crippen MR) is 73.9 cm³/mol. The van der Waals surface area contributed by atoms with Crippen LogP contribution in [0.5, 0.6) is 5.75 Å². The van der Waals surface area contributed by atoms with Crippen molar-refractivity contribution in [1.29, 1.82) is 0 Å². The first kappa shape index (κ1) is 13.9. The summed E-state index contributed by atoms with van der Waals surface area (Å²) in [5.74, 6) is -0.527. The third kappa shape index (κ3) is 4.24. The number of phenolic OH excluding ortho intramolecular Hbond substituents is 1. The summed E-state index contributed by atoms with van der Waals surface area (Å²) in [6.07, 6.45) is 2.34. The van der Waals surface area contributed by atoms with E-state index in [1.807, 2.05) is 0 Å². The van der Waals surface area contributed by atoms with Gasteiger partial charge in [-0.05, 0) is 31.0 Å². The molecule has 1 aromatic carbocycles. The molecular weight excluding hydrogens is 312 g/mol. The maximum Gasteiger partial charge on any atom is 0.255 e. The van der Waals surface area contributed by atoms with Crippen molar-refractivity contribution in [3.63, 3.8) is 0 Å². The van der Waals surface area contributed by atoms with E-state index in [1.54, 1.807) is 6.07 Å². The first-order chi connectivity index (χ1) is 9.06. The molecule has 0 radical (unpaired) electrons. The van der Waals surface area contributed by atoms with Gasteiger partial charge in [0.15, 0.2) is 0 Å². The number of rotatable bonds is 5. The van der Waals surface area contributed by atoms with E-state index in [0.717, 1.165) is 12.8 Å². The lowest BCUT2D eigenvalue weighted by Crippen LogP contribution is -2.31. The Morgan fingerprint density at radius 2 is 2.11 bits per heavy atom. The minimum atomic E-state index is -0.385. The van der Waals surface area contributed by atoms with Crippen molar-refractivity contribution < 1.29 is 14.7 Å². The van der Waals surface area contributed by atoms with Crippen LogP contribution in [0.3, 0.4) is 0 Å². The highest BCUT2D eigenvalue weighted by atomic mass is 79.9. The molecule has 0 saturated heterocycles. The van der Waals surface area contributed by atoms with Gasteiger partial charge in [-0.1, -0.05) is 15.9 Å². The number of amides is 2. The number of carbonyl (C=O) groups excluding carboxylic acids is 2. The standard InChI is InChI=1S/C13H15BrN2O3/c14-8-1-4-10(11(17)7-8)13(19)15-6-5-12(18)16-9-2-3-9/h1,4,7,9,17H,2-3,5-6H2,(H,15,19)(H,16,18). The molecule has 0 atom stereocenters. The number of nitrogens with one attached hydrogen (secondary N) is 2. The molecule has 0 spiro atoms. The molecule has 1 fully saturated rings. The Balaban J connectivity index is 1.78. The summed E-state index contributed by atoms with van der Waals surface area (Å²) in [6, 6.07) is 4.99. The fraction of sp³-hybridized carbons (Fsp3) is 0.385. The molecule has 1 aliphatic carbocycles. The molecule has 5 nitrogen and oxygen atoms in total. The summed E-state index contributed by atoms with van der Waals surface area (Å²) in [5.41, 5.74) is 0.200. The largest absolute Gasteiger partial charge is 0.507 e. The molecule has 1 aliphatic rings. The summed E-state index contributed by atoms with van der Waals surface area (Å²) >= 11 is 3.20. The smallest absolute Gasteiger partial charge is 0.255 e. The number of hydrogen-bond acceptors (Lipinski definition) is 3. The maximum absolute atomic E-state index is 11.8. The van der Waals surface area contributed by atoms with Crippen molar-refractivity contribution in [2.24, 2.45) is 0 Å². The van der Waals surface area contributed by atoms with Gasteiger partial charge in [0.1, 0.15) is 5.75 Å². The zero-order valence-corrected chi connectivity index (χ0v) is 11.9. The molecule has 2 amide bonds. The lowest BCUT2D eigenvalue weighted by atomic mass is 10.2. The second-order valence-electron chi connectivity index (χ2n) is 4.51. The summed E-state index contributed by atoms with van der Waals surface area (Å²) in [5, 5.41) is 15.1. The second-order valence-corrected chi connectivity index (χ2v) is 5.42. The number of carbonyl (C=O) groups is 2. The Bertz CT molecular complexity index is 501. The number of halogens is 1. The lowest BCUT2D eigenvalue weighted by molar-refractivity contribution is -0.121. The number of hydrogen-bond donors (Lipinski definition) is 3. The Kier molecular flexibility index (Phi) is 4.42. The van der Waals surface area contributed by atoms with Gasteiger partial charge in [0, 0.05) is 23.5 Å². The van der Waals surface area contributed by atoms with E-state index in [2.05, 4.69) is 26.6 Å². The van der Waals surface area contributed by atoms with E-state index in [1.165, 1.54) is 12.1 Å². The normalized spacial score (nSPS) is 13.9. The van der Waals surface area contributed by atoms with Gasteiger partial charge in [0.25, 0.3) is 5.91 Å². The van der Waals surface area contributed by atoms with Crippen LogP contribution in [0.2, 0.25) is 0 Å². The molecule has 0 bridgehead atoms. The highest BCUT2D eigenvalue weighted by Gasteiger charge is 2.22. The van der Waals surface area contributed by atoms with Gasteiger partial charge in [0.05, 0.1) is 5.56 Å². The minimum Gasteiger partial charge on any atom is -0.507 e. The maximum atomic E-state index is 11.8. The van der Waals surface area contributed by atoms with Crippen LogP contribution in [0.15, 0.2) is 22.7 Å². The summed E-state index contributed by atoms with van der Waals surface area (Å²) in [4.78, 5) is 23.2. The van der Waals surface area contributed by atoms with Crippen molar-refractivity contribution in [3.8, 4) is 5.75 Å². The molecule has 0 heterocycles. The van der Waals surface area contributed by atoms with Gasteiger partial charge >= 0.3 is 0 Å². The van der Waals surface area contributed by atoms with E-state index in [9.17, 15) is 14.7 Å².